The number of benzene rings is 1. The van der Waals surface area contributed by atoms with Crippen molar-refractivity contribution in [1.82, 2.24) is 0 Å². The molecule has 0 aliphatic heterocycles. The first kappa shape index (κ1) is 24.5. The normalized spacial score (nSPS) is 23.2. The summed E-state index contributed by atoms with van der Waals surface area (Å²) in [6.07, 6.45) is 11.8. The van der Waals surface area contributed by atoms with E-state index in [-0.39, 0.29) is 12.4 Å². The van der Waals surface area contributed by atoms with E-state index in [4.69, 9.17) is 5.73 Å². The van der Waals surface area contributed by atoms with Crippen molar-refractivity contribution in [3.05, 3.63) is 47.5 Å². The molecular weight excluding hydrogens is 374 g/mol. The first-order chi connectivity index (χ1) is 13.2. The molecule has 0 saturated heterocycles. The molecule has 0 spiro atoms. The van der Waals surface area contributed by atoms with Crippen molar-refractivity contribution >= 4 is 12.4 Å². The van der Waals surface area contributed by atoms with Crippen LogP contribution in [0.5, 0.6) is 0 Å². The SMILES string of the molecule is C=C(Cc1ccc(C2CC(C)(C)CC(C)(C)C2)cc1)C(CN)C1CCCCC1.Cl. The molecule has 2 fully saturated rings. The van der Waals surface area contributed by atoms with Gasteiger partial charge < -0.3 is 5.73 Å². The molecule has 1 atom stereocenters. The summed E-state index contributed by atoms with van der Waals surface area (Å²) in [4.78, 5) is 0. The largest absolute Gasteiger partial charge is 0.330 e. The molecule has 0 aromatic heterocycles. The minimum atomic E-state index is 0. The van der Waals surface area contributed by atoms with Crippen LogP contribution in [0.15, 0.2) is 36.4 Å². The molecule has 1 aromatic carbocycles. The maximum atomic E-state index is 6.17. The number of hydrogen-bond acceptors (Lipinski definition) is 1. The molecule has 0 bridgehead atoms. The molecule has 2 aliphatic carbocycles. The van der Waals surface area contributed by atoms with Crippen molar-refractivity contribution in [2.45, 2.75) is 91.4 Å². The highest BCUT2D eigenvalue weighted by Crippen LogP contribution is 2.51. The smallest absolute Gasteiger partial charge is 0.000881 e. The molecule has 1 unspecified atom stereocenters. The molecule has 2 N–H and O–H groups in total. The number of nitrogens with two attached hydrogens (primary N) is 1. The van der Waals surface area contributed by atoms with Crippen LogP contribution in [0.4, 0.5) is 0 Å². The first-order valence-corrected chi connectivity index (χ1v) is 11.7. The van der Waals surface area contributed by atoms with E-state index in [1.165, 1.54) is 68.1 Å². The van der Waals surface area contributed by atoms with Gasteiger partial charge in [0, 0.05) is 0 Å². The van der Waals surface area contributed by atoms with Crippen molar-refractivity contribution in [3.63, 3.8) is 0 Å². The highest BCUT2D eigenvalue weighted by molar-refractivity contribution is 5.85. The lowest BCUT2D eigenvalue weighted by molar-refractivity contribution is 0.0969. The molecule has 0 heterocycles. The predicted molar refractivity (Wildman–Crippen MR) is 130 cm³/mol. The topological polar surface area (TPSA) is 26.0 Å². The van der Waals surface area contributed by atoms with E-state index in [2.05, 4.69) is 58.5 Å². The summed E-state index contributed by atoms with van der Waals surface area (Å²) in [5.41, 5.74) is 11.3. The summed E-state index contributed by atoms with van der Waals surface area (Å²) in [7, 11) is 0. The molecule has 0 radical (unpaired) electrons. The summed E-state index contributed by atoms with van der Waals surface area (Å²) in [6, 6.07) is 9.48. The third-order valence-corrected chi connectivity index (χ3v) is 7.43. The fourth-order valence-electron chi connectivity index (χ4n) is 6.61. The van der Waals surface area contributed by atoms with Crippen LogP contribution in [0.2, 0.25) is 0 Å². The average Bonchev–Trinajstić information content (AvgIpc) is 2.61. The van der Waals surface area contributed by atoms with Gasteiger partial charge in [-0.2, -0.15) is 0 Å². The molecule has 164 valence electrons. The van der Waals surface area contributed by atoms with Crippen LogP contribution in [0.1, 0.15) is 96.1 Å². The lowest BCUT2D eigenvalue weighted by Gasteiger charge is -2.45. The molecule has 2 heteroatoms. The van der Waals surface area contributed by atoms with Gasteiger partial charge in [-0.15, -0.1) is 12.4 Å². The zero-order valence-electron chi connectivity index (χ0n) is 19.3. The van der Waals surface area contributed by atoms with E-state index in [9.17, 15) is 0 Å². The number of halogens is 1. The monoisotopic (exact) mass is 417 g/mol. The highest BCUT2D eigenvalue weighted by atomic mass is 35.5. The quantitative estimate of drug-likeness (QED) is 0.471. The van der Waals surface area contributed by atoms with Gasteiger partial charge in [-0.25, -0.2) is 0 Å². The van der Waals surface area contributed by atoms with Gasteiger partial charge in [0.15, 0.2) is 0 Å². The zero-order valence-corrected chi connectivity index (χ0v) is 20.1. The Kier molecular flexibility index (Phi) is 8.45. The van der Waals surface area contributed by atoms with Gasteiger partial charge in [0.05, 0.1) is 0 Å². The third kappa shape index (κ3) is 6.59. The van der Waals surface area contributed by atoms with Gasteiger partial charge in [0.25, 0.3) is 0 Å². The van der Waals surface area contributed by atoms with E-state index in [1.807, 2.05) is 0 Å². The Morgan fingerprint density at radius 1 is 1.00 bits per heavy atom. The Morgan fingerprint density at radius 2 is 1.55 bits per heavy atom. The second-order valence-corrected chi connectivity index (χ2v) is 11.4. The number of hydrogen-bond donors (Lipinski definition) is 1. The van der Waals surface area contributed by atoms with E-state index < -0.39 is 0 Å². The van der Waals surface area contributed by atoms with Crippen LogP contribution in [0.3, 0.4) is 0 Å². The van der Waals surface area contributed by atoms with Gasteiger partial charge in [-0.3, -0.25) is 0 Å². The molecule has 0 amide bonds. The molecule has 1 nitrogen and oxygen atoms in total. The third-order valence-electron chi connectivity index (χ3n) is 7.43. The summed E-state index contributed by atoms with van der Waals surface area (Å²) in [5.74, 6) is 1.95. The Bertz CT molecular complexity index is 636. The van der Waals surface area contributed by atoms with Gasteiger partial charge in [-0.05, 0) is 84.8 Å². The zero-order chi connectivity index (χ0) is 20.4. The van der Waals surface area contributed by atoms with Crippen molar-refractivity contribution in [2.24, 2.45) is 28.4 Å². The van der Waals surface area contributed by atoms with E-state index >= 15 is 0 Å². The van der Waals surface area contributed by atoms with Crippen LogP contribution < -0.4 is 5.73 Å². The van der Waals surface area contributed by atoms with Gasteiger partial charge in [-0.1, -0.05) is 83.4 Å². The summed E-state index contributed by atoms with van der Waals surface area (Å²) >= 11 is 0. The lowest BCUT2D eigenvalue weighted by Crippen LogP contribution is -2.32. The van der Waals surface area contributed by atoms with Crippen molar-refractivity contribution < 1.29 is 0 Å². The Morgan fingerprint density at radius 3 is 2.07 bits per heavy atom. The Balaban J connectivity index is 0.00000300. The maximum Gasteiger partial charge on any atom is -0.000881 e. The Labute approximate surface area is 186 Å². The predicted octanol–water partition coefficient (Wildman–Crippen LogP) is 7.68. The van der Waals surface area contributed by atoms with Gasteiger partial charge in [0.1, 0.15) is 0 Å². The standard InChI is InChI=1S/C27H43N.ClH/c1-20(25(18-28)23-9-7-6-8-10-23)15-21-11-13-22(14-12-21)24-16-26(2,3)19-27(4,5)17-24;/h11-14,23-25H,1,6-10,15-19,28H2,2-5H3;1H. The van der Waals surface area contributed by atoms with Crippen LogP contribution >= 0.6 is 12.4 Å². The van der Waals surface area contributed by atoms with Crippen LogP contribution in [-0.2, 0) is 6.42 Å². The Hall–Kier alpha value is -0.790. The summed E-state index contributed by atoms with van der Waals surface area (Å²) < 4.78 is 0. The maximum absolute atomic E-state index is 6.17. The average molecular weight is 418 g/mol. The van der Waals surface area contributed by atoms with Crippen LogP contribution in [0.25, 0.3) is 0 Å². The minimum Gasteiger partial charge on any atom is -0.330 e. The lowest BCUT2D eigenvalue weighted by atomic mass is 9.60. The molecule has 2 saturated carbocycles. The van der Waals surface area contributed by atoms with E-state index in [0.29, 0.717) is 22.7 Å². The highest BCUT2D eigenvalue weighted by Gasteiger charge is 2.38. The van der Waals surface area contributed by atoms with Crippen molar-refractivity contribution in [1.29, 1.82) is 0 Å². The van der Waals surface area contributed by atoms with Crippen molar-refractivity contribution in [2.75, 3.05) is 6.54 Å². The van der Waals surface area contributed by atoms with Gasteiger partial charge in [0.2, 0.25) is 0 Å². The molecule has 1 aromatic rings. The number of rotatable bonds is 6. The summed E-state index contributed by atoms with van der Waals surface area (Å²) in [6.45, 7) is 15.0. The summed E-state index contributed by atoms with van der Waals surface area (Å²) in [5, 5.41) is 0. The molecule has 29 heavy (non-hydrogen) atoms. The molecule has 2 aliphatic rings. The van der Waals surface area contributed by atoms with Crippen molar-refractivity contribution in [3.8, 4) is 0 Å². The fourth-order valence-corrected chi connectivity index (χ4v) is 6.61. The molecular formula is C27H44ClN. The van der Waals surface area contributed by atoms with Crippen LogP contribution in [-0.4, -0.2) is 6.54 Å². The second-order valence-electron chi connectivity index (χ2n) is 11.4. The van der Waals surface area contributed by atoms with E-state index in [0.717, 1.165) is 18.9 Å². The first-order valence-electron chi connectivity index (χ1n) is 11.7. The molecule has 3 rings (SSSR count). The fraction of sp³-hybridized carbons (Fsp3) is 0.704. The minimum absolute atomic E-state index is 0. The van der Waals surface area contributed by atoms with Gasteiger partial charge >= 0.3 is 0 Å². The second kappa shape index (κ2) is 10.0. The van der Waals surface area contributed by atoms with Crippen LogP contribution in [0, 0.1) is 22.7 Å². The van der Waals surface area contributed by atoms with E-state index in [1.54, 1.807) is 0 Å².